The molecule has 1 unspecified atom stereocenters. The number of hydrogen-bond acceptors (Lipinski definition) is 6. The van der Waals surface area contributed by atoms with Crippen LogP contribution in [0.2, 0.25) is 0 Å². The zero-order chi connectivity index (χ0) is 35.4. The lowest BCUT2D eigenvalue weighted by Gasteiger charge is -2.58. The third kappa shape index (κ3) is 10.6. The number of amides is 1. The first-order valence-corrected chi connectivity index (χ1v) is 20.8. The van der Waals surface area contributed by atoms with Gasteiger partial charge in [-0.3, -0.25) is 9.59 Å². The van der Waals surface area contributed by atoms with Gasteiger partial charge in [-0.2, -0.15) is 0 Å². The number of ether oxygens (including phenoxy) is 1. The molecule has 5 N–H and O–H groups in total. The molecule has 8 atom stereocenters. The lowest BCUT2D eigenvalue weighted by atomic mass is 9.47. The molecule has 282 valence electrons. The van der Waals surface area contributed by atoms with E-state index in [-0.39, 0.29) is 23.4 Å². The minimum absolute atomic E-state index is 0.0185. The van der Waals surface area contributed by atoms with Crippen molar-refractivity contribution in [2.75, 3.05) is 39.3 Å². The number of rotatable bonds is 21. The Bertz CT molecular complexity index is 1060. The van der Waals surface area contributed by atoms with E-state index in [0.717, 1.165) is 100 Å². The van der Waals surface area contributed by atoms with Crippen molar-refractivity contribution in [3.8, 4) is 0 Å². The molecule has 0 aromatic carbocycles. The molecule has 0 radical (unpaired) electrons. The SMILES string of the molecule is CC(C)CCCC(C)[C@H]1CC[C@H]2[C@@H]3CC=C4C[C@@H](OC(=O)CCCC(=O)N(CCCN)CCCCNCCCN)CC[C@]4(C)[C@H]3CC[C@]12C. The molecule has 0 aromatic rings. The molecule has 3 saturated carbocycles. The summed E-state index contributed by atoms with van der Waals surface area (Å²) in [6.45, 7) is 17.1. The van der Waals surface area contributed by atoms with E-state index < -0.39 is 0 Å². The van der Waals surface area contributed by atoms with Gasteiger partial charge in [0.05, 0.1) is 0 Å². The quantitative estimate of drug-likeness (QED) is 0.0642. The van der Waals surface area contributed by atoms with E-state index in [1.165, 1.54) is 51.4 Å². The smallest absolute Gasteiger partial charge is 0.306 e. The highest BCUT2D eigenvalue weighted by Gasteiger charge is 2.59. The van der Waals surface area contributed by atoms with Gasteiger partial charge in [0, 0.05) is 32.4 Å². The maximum absolute atomic E-state index is 13.0. The van der Waals surface area contributed by atoms with Crippen molar-refractivity contribution >= 4 is 11.9 Å². The first-order valence-electron chi connectivity index (χ1n) is 20.8. The molecule has 0 saturated heterocycles. The van der Waals surface area contributed by atoms with Crippen molar-refractivity contribution in [1.82, 2.24) is 10.2 Å². The summed E-state index contributed by atoms with van der Waals surface area (Å²) in [4.78, 5) is 27.9. The Labute approximate surface area is 300 Å². The Morgan fingerprint density at radius 2 is 1.63 bits per heavy atom. The van der Waals surface area contributed by atoms with Crippen LogP contribution in [-0.4, -0.2) is 62.1 Å². The molecule has 7 heteroatoms. The summed E-state index contributed by atoms with van der Waals surface area (Å²) < 4.78 is 6.08. The van der Waals surface area contributed by atoms with Crippen molar-refractivity contribution in [1.29, 1.82) is 0 Å². The van der Waals surface area contributed by atoms with Crippen LogP contribution in [0.3, 0.4) is 0 Å². The maximum Gasteiger partial charge on any atom is 0.306 e. The average Bonchev–Trinajstić information content (AvgIpc) is 3.43. The van der Waals surface area contributed by atoms with Crippen LogP contribution in [0, 0.1) is 46.3 Å². The molecule has 3 fully saturated rings. The zero-order valence-corrected chi connectivity index (χ0v) is 32.4. The summed E-state index contributed by atoms with van der Waals surface area (Å²) in [6.07, 6.45) is 21.6. The molecule has 0 aliphatic heterocycles. The van der Waals surface area contributed by atoms with Gasteiger partial charge in [-0.05, 0) is 150 Å². The lowest BCUT2D eigenvalue weighted by molar-refractivity contribution is -0.151. The number of hydrogen-bond donors (Lipinski definition) is 3. The Balaban J connectivity index is 1.22. The van der Waals surface area contributed by atoms with E-state index in [1.807, 2.05) is 4.90 Å². The molecular weight excluding hydrogens is 608 g/mol. The second-order valence-corrected chi connectivity index (χ2v) is 17.6. The topological polar surface area (TPSA) is 111 Å². The number of fused-ring (bicyclic) bond motifs is 5. The Kier molecular flexibility index (Phi) is 16.0. The average molecular weight is 685 g/mol. The number of carbonyl (C=O) groups excluding carboxylic acids is 2. The van der Waals surface area contributed by atoms with Crippen molar-refractivity contribution in [2.24, 2.45) is 57.8 Å². The van der Waals surface area contributed by atoms with Gasteiger partial charge in [-0.1, -0.05) is 65.5 Å². The molecule has 4 aliphatic rings. The summed E-state index contributed by atoms with van der Waals surface area (Å²) in [5, 5.41) is 3.41. The predicted molar refractivity (Wildman–Crippen MR) is 203 cm³/mol. The third-order valence-electron chi connectivity index (χ3n) is 13.9. The number of carbonyl (C=O) groups is 2. The monoisotopic (exact) mass is 685 g/mol. The van der Waals surface area contributed by atoms with Gasteiger partial charge in [-0.15, -0.1) is 0 Å². The Morgan fingerprint density at radius 1 is 0.878 bits per heavy atom. The highest BCUT2D eigenvalue weighted by molar-refractivity contribution is 5.77. The fourth-order valence-electron chi connectivity index (χ4n) is 11.1. The van der Waals surface area contributed by atoms with Crippen LogP contribution in [0.1, 0.15) is 150 Å². The normalized spacial score (nSPS) is 31.4. The van der Waals surface area contributed by atoms with Crippen LogP contribution in [0.4, 0.5) is 0 Å². The van der Waals surface area contributed by atoms with Gasteiger partial charge in [0.15, 0.2) is 0 Å². The fraction of sp³-hybridized carbons (Fsp3) is 0.905. The van der Waals surface area contributed by atoms with Gasteiger partial charge >= 0.3 is 5.97 Å². The highest BCUT2D eigenvalue weighted by Crippen LogP contribution is 2.67. The summed E-state index contributed by atoms with van der Waals surface area (Å²) in [7, 11) is 0. The molecule has 4 rings (SSSR count). The predicted octanol–water partition coefficient (Wildman–Crippen LogP) is 8.01. The summed E-state index contributed by atoms with van der Waals surface area (Å²) in [5.41, 5.74) is 13.6. The largest absolute Gasteiger partial charge is 0.462 e. The fourth-order valence-corrected chi connectivity index (χ4v) is 11.1. The number of allylic oxidation sites excluding steroid dienone is 1. The lowest BCUT2D eigenvalue weighted by Crippen LogP contribution is -2.51. The number of nitrogens with zero attached hydrogens (tertiary/aromatic N) is 1. The standard InChI is InChI=1S/C42H76N4O3/c1-31(2)12-8-13-32(3)36-18-19-37-35-17-16-33-30-34(20-22-41(33,4)38(35)21-23-42(36,37)5)49-40(48)15-9-14-39(47)46(29-11-25-44)28-7-6-26-45-27-10-24-43/h16,31-32,34-38,45H,6-15,17-30,43-44H2,1-5H3/t32?,34-,35-,36+,37-,38-,41-,42+/m0/s1. The number of nitrogens with two attached hydrogens (primary N) is 2. The van der Waals surface area contributed by atoms with Gasteiger partial charge in [0.2, 0.25) is 5.91 Å². The zero-order valence-electron chi connectivity index (χ0n) is 32.4. The number of nitrogens with one attached hydrogen (secondary N) is 1. The van der Waals surface area contributed by atoms with Crippen molar-refractivity contribution in [2.45, 2.75) is 156 Å². The van der Waals surface area contributed by atoms with Crippen molar-refractivity contribution in [3.63, 3.8) is 0 Å². The van der Waals surface area contributed by atoms with Crippen LogP contribution in [0.5, 0.6) is 0 Å². The van der Waals surface area contributed by atoms with E-state index in [4.69, 9.17) is 16.2 Å². The van der Waals surface area contributed by atoms with Gasteiger partial charge in [-0.25, -0.2) is 0 Å². The molecule has 0 bridgehead atoms. The van der Waals surface area contributed by atoms with E-state index in [1.54, 1.807) is 5.57 Å². The first-order chi connectivity index (χ1) is 23.5. The molecule has 7 nitrogen and oxygen atoms in total. The molecule has 0 heterocycles. The molecule has 49 heavy (non-hydrogen) atoms. The van der Waals surface area contributed by atoms with Gasteiger partial charge < -0.3 is 26.4 Å². The Hall–Kier alpha value is -1.44. The molecular formula is C42H76N4O3. The van der Waals surface area contributed by atoms with E-state index in [9.17, 15) is 9.59 Å². The summed E-state index contributed by atoms with van der Waals surface area (Å²) in [5.74, 6) is 5.01. The van der Waals surface area contributed by atoms with Crippen LogP contribution >= 0.6 is 0 Å². The number of esters is 1. The highest BCUT2D eigenvalue weighted by atomic mass is 16.5. The second kappa shape index (κ2) is 19.4. The summed E-state index contributed by atoms with van der Waals surface area (Å²) >= 11 is 0. The van der Waals surface area contributed by atoms with Crippen LogP contribution in [0.15, 0.2) is 11.6 Å². The molecule has 4 aliphatic carbocycles. The van der Waals surface area contributed by atoms with Crippen molar-refractivity contribution in [3.05, 3.63) is 11.6 Å². The molecule has 0 spiro atoms. The van der Waals surface area contributed by atoms with Crippen LogP contribution in [0.25, 0.3) is 0 Å². The third-order valence-corrected chi connectivity index (χ3v) is 13.9. The van der Waals surface area contributed by atoms with Crippen LogP contribution < -0.4 is 16.8 Å². The number of unbranched alkanes of at least 4 members (excludes halogenated alkanes) is 1. The minimum atomic E-state index is -0.138. The van der Waals surface area contributed by atoms with Gasteiger partial charge in [0.1, 0.15) is 6.10 Å². The molecule has 0 aromatic heterocycles. The Morgan fingerprint density at radius 3 is 2.39 bits per heavy atom. The van der Waals surface area contributed by atoms with E-state index >= 15 is 0 Å². The molecule has 1 amide bonds. The van der Waals surface area contributed by atoms with Crippen molar-refractivity contribution < 1.29 is 14.3 Å². The van der Waals surface area contributed by atoms with E-state index in [0.29, 0.717) is 44.3 Å². The summed E-state index contributed by atoms with van der Waals surface area (Å²) in [6, 6.07) is 0. The van der Waals surface area contributed by atoms with Gasteiger partial charge in [0.25, 0.3) is 0 Å². The first kappa shape index (κ1) is 40.3. The minimum Gasteiger partial charge on any atom is -0.462 e. The maximum atomic E-state index is 13.0. The van der Waals surface area contributed by atoms with E-state index in [2.05, 4.69) is 46.0 Å². The van der Waals surface area contributed by atoms with Crippen LogP contribution in [-0.2, 0) is 14.3 Å². The second-order valence-electron chi connectivity index (χ2n) is 17.6.